The molecule has 0 saturated carbocycles. The molecule has 1 unspecified atom stereocenters. The van der Waals surface area contributed by atoms with E-state index >= 15 is 0 Å². The Kier molecular flexibility index (Phi) is 6.54. The van der Waals surface area contributed by atoms with Crippen molar-refractivity contribution in [3.8, 4) is 0 Å². The first-order valence-electron chi connectivity index (χ1n) is 5.61. The fourth-order valence-corrected chi connectivity index (χ4v) is 2.56. The van der Waals surface area contributed by atoms with Crippen molar-refractivity contribution in [2.45, 2.75) is 10.3 Å². The average molecular weight is 288 g/mol. The molecule has 0 aliphatic rings. The molecule has 1 atom stereocenters. The normalized spacial score (nSPS) is 12.2. The molecule has 100 valence electrons. The zero-order valence-corrected chi connectivity index (χ0v) is 12.4. The Balaban J connectivity index is 2.74. The molecule has 0 saturated heterocycles. The summed E-state index contributed by atoms with van der Waals surface area (Å²) < 4.78 is 4.96. The molecule has 0 aliphatic heterocycles. The summed E-state index contributed by atoms with van der Waals surface area (Å²) in [6, 6.07) is 7.58. The van der Waals surface area contributed by atoms with E-state index < -0.39 is 0 Å². The molecule has 0 radical (unpaired) electrons. The van der Waals surface area contributed by atoms with Crippen LogP contribution < -0.4 is 0 Å². The van der Waals surface area contributed by atoms with Gasteiger partial charge in [0.15, 0.2) is 0 Å². The maximum absolute atomic E-state index is 12.3. The van der Waals surface area contributed by atoms with Gasteiger partial charge in [0.2, 0.25) is 0 Å². The Morgan fingerprint density at radius 2 is 2.17 bits per heavy atom. The summed E-state index contributed by atoms with van der Waals surface area (Å²) in [6.07, 6.45) is 1.96. The van der Waals surface area contributed by atoms with Crippen molar-refractivity contribution < 1.29 is 9.53 Å². The van der Waals surface area contributed by atoms with Crippen LogP contribution in [0.4, 0.5) is 0 Å². The third kappa shape index (κ3) is 4.19. The Bertz CT molecular complexity index is 400. The van der Waals surface area contributed by atoms with Crippen molar-refractivity contribution in [2.75, 3.05) is 33.6 Å². The van der Waals surface area contributed by atoms with E-state index in [0.29, 0.717) is 18.7 Å². The van der Waals surface area contributed by atoms with Crippen LogP contribution >= 0.6 is 23.4 Å². The minimum absolute atomic E-state index is 0.0123. The number of rotatable bonds is 6. The highest BCUT2D eigenvalue weighted by atomic mass is 35.5. The van der Waals surface area contributed by atoms with E-state index in [9.17, 15) is 4.79 Å². The fourth-order valence-electron chi connectivity index (χ4n) is 1.64. The van der Waals surface area contributed by atoms with Crippen LogP contribution in [-0.4, -0.2) is 49.7 Å². The lowest BCUT2D eigenvalue weighted by molar-refractivity contribution is 0.0778. The smallest absolute Gasteiger partial charge is 0.254 e. The molecule has 0 N–H and O–H groups in total. The van der Waals surface area contributed by atoms with Gasteiger partial charge >= 0.3 is 0 Å². The standard InChI is InChI=1S/C13H18ClNO2S/c1-15(8-10(14)9-17-2)13(16)11-6-4-5-7-12(11)18-3/h4-7,10H,8-9H2,1-3H3. The first-order chi connectivity index (χ1) is 8.60. The zero-order valence-electron chi connectivity index (χ0n) is 10.9. The third-order valence-electron chi connectivity index (χ3n) is 2.50. The number of carbonyl (C=O) groups is 1. The second-order valence-corrected chi connectivity index (χ2v) is 5.40. The van der Waals surface area contributed by atoms with E-state index in [1.807, 2.05) is 30.5 Å². The number of halogens is 1. The van der Waals surface area contributed by atoms with Crippen LogP contribution in [-0.2, 0) is 4.74 Å². The molecule has 0 aromatic heterocycles. The molecule has 1 amide bonds. The number of methoxy groups -OCH3 is 1. The molecule has 1 aromatic carbocycles. The topological polar surface area (TPSA) is 29.5 Å². The monoisotopic (exact) mass is 287 g/mol. The number of hydrogen-bond donors (Lipinski definition) is 0. The summed E-state index contributed by atoms with van der Waals surface area (Å²) in [5.41, 5.74) is 0.716. The van der Waals surface area contributed by atoms with E-state index in [2.05, 4.69) is 0 Å². The van der Waals surface area contributed by atoms with E-state index in [1.165, 1.54) is 0 Å². The molecular weight excluding hydrogens is 270 g/mol. The maximum Gasteiger partial charge on any atom is 0.254 e. The van der Waals surface area contributed by atoms with Crippen LogP contribution in [0.2, 0.25) is 0 Å². The van der Waals surface area contributed by atoms with Gasteiger partial charge < -0.3 is 9.64 Å². The summed E-state index contributed by atoms with van der Waals surface area (Å²) in [6.45, 7) is 0.903. The quantitative estimate of drug-likeness (QED) is 0.595. The van der Waals surface area contributed by atoms with Crippen LogP contribution in [0, 0.1) is 0 Å². The first kappa shape index (κ1) is 15.3. The lowest BCUT2D eigenvalue weighted by atomic mass is 10.2. The summed E-state index contributed by atoms with van der Waals surface area (Å²) in [5.74, 6) is -0.0123. The van der Waals surface area contributed by atoms with Crippen molar-refractivity contribution in [3.05, 3.63) is 29.8 Å². The number of benzene rings is 1. The fraction of sp³-hybridized carbons (Fsp3) is 0.462. The second kappa shape index (κ2) is 7.67. The van der Waals surface area contributed by atoms with Crippen molar-refractivity contribution >= 4 is 29.3 Å². The predicted octanol–water partition coefficient (Wildman–Crippen LogP) is 2.73. The van der Waals surface area contributed by atoms with Crippen molar-refractivity contribution in [1.82, 2.24) is 4.90 Å². The van der Waals surface area contributed by atoms with Crippen LogP contribution in [0.15, 0.2) is 29.2 Å². The van der Waals surface area contributed by atoms with Gasteiger partial charge in [-0.05, 0) is 18.4 Å². The van der Waals surface area contributed by atoms with Crippen LogP contribution in [0.5, 0.6) is 0 Å². The van der Waals surface area contributed by atoms with E-state index in [-0.39, 0.29) is 11.3 Å². The van der Waals surface area contributed by atoms with Gasteiger partial charge in [0, 0.05) is 25.6 Å². The van der Waals surface area contributed by atoms with E-state index in [0.717, 1.165) is 4.90 Å². The van der Waals surface area contributed by atoms with Gasteiger partial charge in [-0.3, -0.25) is 4.79 Å². The predicted molar refractivity (Wildman–Crippen MR) is 76.7 cm³/mol. The zero-order chi connectivity index (χ0) is 13.5. The minimum Gasteiger partial charge on any atom is -0.383 e. The van der Waals surface area contributed by atoms with Crippen molar-refractivity contribution in [2.24, 2.45) is 0 Å². The highest BCUT2D eigenvalue weighted by Crippen LogP contribution is 2.21. The summed E-state index contributed by atoms with van der Waals surface area (Å²) in [5, 5.41) is -0.189. The maximum atomic E-state index is 12.3. The molecule has 1 aromatic rings. The molecule has 18 heavy (non-hydrogen) atoms. The van der Waals surface area contributed by atoms with Crippen LogP contribution in [0.1, 0.15) is 10.4 Å². The van der Waals surface area contributed by atoms with E-state index in [4.69, 9.17) is 16.3 Å². The lowest BCUT2D eigenvalue weighted by Crippen LogP contribution is -2.34. The summed E-state index contributed by atoms with van der Waals surface area (Å²) in [4.78, 5) is 14.9. The van der Waals surface area contributed by atoms with E-state index in [1.54, 1.807) is 30.8 Å². The molecule has 1 rings (SSSR count). The number of ether oxygens (including phenoxy) is 1. The Hall–Kier alpha value is -0.710. The largest absolute Gasteiger partial charge is 0.383 e. The number of thioether (sulfide) groups is 1. The summed E-state index contributed by atoms with van der Waals surface area (Å²) in [7, 11) is 3.35. The Morgan fingerprint density at radius 1 is 1.50 bits per heavy atom. The average Bonchev–Trinajstić information content (AvgIpc) is 2.38. The van der Waals surface area contributed by atoms with Gasteiger partial charge in [0.05, 0.1) is 17.5 Å². The van der Waals surface area contributed by atoms with Crippen LogP contribution in [0.25, 0.3) is 0 Å². The van der Waals surface area contributed by atoms with Crippen LogP contribution in [0.3, 0.4) is 0 Å². The molecule has 5 heteroatoms. The SMILES string of the molecule is COCC(Cl)CN(C)C(=O)c1ccccc1SC. The molecule has 0 heterocycles. The van der Waals surface area contributed by atoms with Gasteiger partial charge in [-0.2, -0.15) is 0 Å². The van der Waals surface area contributed by atoms with Crippen molar-refractivity contribution in [1.29, 1.82) is 0 Å². The molecular formula is C13H18ClNO2S. The molecule has 0 aliphatic carbocycles. The number of carbonyl (C=O) groups excluding carboxylic acids is 1. The second-order valence-electron chi connectivity index (χ2n) is 3.94. The Labute approximate surface area is 117 Å². The number of alkyl halides is 1. The summed E-state index contributed by atoms with van der Waals surface area (Å²) >= 11 is 7.62. The van der Waals surface area contributed by atoms with Gasteiger partial charge in [-0.15, -0.1) is 23.4 Å². The van der Waals surface area contributed by atoms with Gasteiger partial charge in [0.1, 0.15) is 0 Å². The minimum atomic E-state index is -0.189. The molecule has 0 fully saturated rings. The Morgan fingerprint density at radius 3 is 2.78 bits per heavy atom. The van der Waals surface area contributed by atoms with Gasteiger partial charge in [-0.25, -0.2) is 0 Å². The number of amides is 1. The first-order valence-corrected chi connectivity index (χ1v) is 7.27. The molecule has 0 bridgehead atoms. The van der Waals surface area contributed by atoms with Gasteiger partial charge in [-0.1, -0.05) is 12.1 Å². The highest BCUT2D eigenvalue weighted by molar-refractivity contribution is 7.98. The number of hydrogen-bond acceptors (Lipinski definition) is 3. The molecule has 3 nitrogen and oxygen atoms in total. The van der Waals surface area contributed by atoms with Crippen molar-refractivity contribution in [3.63, 3.8) is 0 Å². The molecule has 0 spiro atoms. The van der Waals surface area contributed by atoms with Gasteiger partial charge in [0.25, 0.3) is 5.91 Å². The lowest BCUT2D eigenvalue weighted by Gasteiger charge is -2.21. The number of nitrogens with zero attached hydrogens (tertiary/aromatic N) is 1. The third-order valence-corrected chi connectivity index (χ3v) is 3.56. The highest BCUT2D eigenvalue weighted by Gasteiger charge is 2.17.